The summed E-state index contributed by atoms with van der Waals surface area (Å²) in [7, 11) is 1.35. The minimum absolute atomic E-state index is 0.0362. The van der Waals surface area contributed by atoms with Gasteiger partial charge in [0.15, 0.2) is 5.95 Å². The van der Waals surface area contributed by atoms with E-state index in [0.717, 1.165) is 59.9 Å². The van der Waals surface area contributed by atoms with Crippen LogP contribution >= 0.6 is 23.1 Å². The summed E-state index contributed by atoms with van der Waals surface area (Å²) in [5.74, 6) is -1.40. The third-order valence-electron chi connectivity index (χ3n) is 5.50. The Morgan fingerprint density at radius 1 is 1.21 bits per heavy atom. The number of carbonyl (C=O) groups excluding carboxylic acids is 2. The molecule has 0 saturated heterocycles. The van der Waals surface area contributed by atoms with Crippen LogP contribution in [0.15, 0.2) is 33.8 Å². The molecule has 0 unspecified atom stereocenters. The quantitative estimate of drug-likeness (QED) is 0.322. The summed E-state index contributed by atoms with van der Waals surface area (Å²) in [4.78, 5) is 26.4. The van der Waals surface area contributed by atoms with Crippen LogP contribution in [0, 0.1) is 6.92 Å². The molecule has 1 aliphatic rings. The fourth-order valence-electron chi connectivity index (χ4n) is 3.83. The first-order valence-electron chi connectivity index (χ1n) is 10.8. The molecule has 10 heteroatoms. The molecular weight excluding hydrogens is 462 g/mol. The molecule has 174 valence electrons. The summed E-state index contributed by atoms with van der Waals surface area (Å²) in [6.07, 6.45) is 6.07. The lowest BCUT2D eigenvalue weighted by Crippen LogP contribution is -2.35. The summed E-state index contributed by atoms with van der Waals surface area (Å²) in [6.45, 7) is 1.96. The van der Waals surface area contributed by atoms with Crippen molar-refractivity contribution in [2.45, 2.75) is 50.5 Å². The Morgan fingerprint density at radius 3 is 2.67 bits per heavy atom. The van der Waals surface area contributed by atoms with Crippen LogP contribution in [0.5, 0.6) is 5.95 Å². The number of nitrogens with one attached hydrogen (secondary N) is 1. The Balaban J connectivity index is 1.51. The van der Waals surface area contributed by atoms with Crippen molar-refractivity contribution in [3.05, 3.63) is 45.8 Å². The van der Waals surface area contributed by atoms with Crippen LogP contribution < -0.4 is 15.1 Å². The highest BCUT2D eigenvalue weighted by molar-refractivity contribution is 7.99. The topological polar surface area (TPSA) is 108 Å². The van der Waals surface area contributed by atoms with Crippen molar-refractivity contribution in [1.82, 2.24) is 5.27 Å². The Labute approximate surface area is 199 Å². The number of fused-ring (bicyclic) bond motifs is 1. The number of benzene rings is 1. The molecule has 0 radical (unpaired) electrons. The first-order chi connectivity index (χ1) is 16.0. The number of ether oxygens (including phenoxy) is 1. The Bertz CT molecular complexity index is 1150. The number of hydrogen-bond donors (Lipinski definition) is 1. The highest BCUT2D eigenvalue weighted by Gasteiger charge is 2.27. The van der Waals surface area contributed by atoms with Gasteiger partial charge in [-0.3, -0.25) is 4.79 Å². The van der Waals surface area contributed by atoms with Gasteiger partial charge in [-0.2, -0.15) is 0 Å². The summed E-state index contributed by atoms with van der Waals surface area (Å²) in [5, 5.41) is 19.6. The number of amides is 1. The van der Waals surface area contributed by atoms with Gasteiger partial charge < -0.3 is 19.7 Å². The largest absolute Gasteiger partial charge is 0.538 e. The Kier molecular flexibility index (Phi) is 7.34. The van der Waals surface area contributed by atoms with E-state index in [2.05, 4.69) is 10.6 Å². The zero-order valence-electron chi connectivity index (χ0n) is 18.5. The number of thiophene rings is 1. The number of aryl methyl sites for hydroxylation is 2. The molecule has 3 aromatic rings. The molecule has 1 aromatic carbocycles. The van der Waals surface area contributed by atoms with E-state index < -0.39 is 11.9 Å². The van der Waals surface area contributed by atoms with Crippen molar-refractivity contribution >= 4 is 40.0 Å². The van der Waals surface area contributed by atoms with E-state index >= 15 is 0 Å². The SMILES string of the molecule is COC(=O)c1c(NC(=O)CSc2c([O-])on[n+]2-c2ccc(C)cc2)sc2c1CCCCCC2. The van der Waals surface area contributed by atoms with E-state index in [1.54, 1.807) is 0 Å². The molecule has 0 atom stereocenters. The van der Waals surface area contributed by atoms with Crippen LogP contribution in [0.1, 0.15) is 52.0 Å². The van der Waals surface area contributed by atoms with Gasteiger partial charge in [0.25, 0.3) is 5.03 Å². The number of rotatable bonds is 6. The van der Waals surface area contributed by atoms with Crippen LogP contribution in [0.4, 0.5) is 5.00 Å². The van der Waals surface area contributed by atoms with Crippen molar-refractivity contribution < 1.29 is 28.6 Å². The molecule has 0 aliphatic heterocycles. The summed E-state index contributed by atoms with van der Waals surface area (Å²) in [6, 6.07) is 7.46. The Morgan fingerprint density at radius 2 is 1.94 bits per heavy atom. The first kappa shape index (κ1) is 23.3. The van der Waals surface area contributed by atoms with Crippen LogP contribution in [0.25, 0.3) is 5.69 Å². The fourth-order valence-corrected chi connectivity index (χ4v) is 5.88. The van der Waals surface area contributed by atoms with Crippen molar-refractivity contribution in [3.63, 3.8) is 0 Å². The van der Waals surface area contributed by atoms with Crippen LogP contribution in [-0.2, 0) is 22.4 Å². The molecule has 4 rings (SSSR count). The highest BCUT2D eigenvalue weighted by atomic mass is 32.2. The minimum Gasteiger partial charge on any atom is -0.538 e. The number of nitrogens with zero attached hydrogens (tertiary/aromatic N) is 2. The van der Waals surface area contributed by atoms with Gasteiger partial charge >= 0.3 is 5.97 Å². The van der Waals surface area contributed by atoms with Gasteiger partial charge in [0.2, 0.25) is 11.6 Å². The van der Waals surface area contributed by atoms with Gasteiger partial charge in [0.05, 0.1) is 23.7 Å². The zero-order chi connectivity index (χ0) is 23.4. The maximum absolute atomic E-state index is 12.8. The van der Waals surface area contributed by atoms with Crippen molar-refractivity contribution in [2.24, 2.45) is 0 Å². The summed E-state index contributed by atoms with van der Waals surface area (Å²) in [5.41, 5.74) is 3.19. The smallest absolute Gasteiger partial charge is 0.341 e. The molecule has 0 fully saturated rings. The van der Waals surface area contributed by atoms with Crippen molar-refractivity contribution in [3.8, 4) is 11.6 Å². The normalized spacial score (nSPS) is 13.6. The van der Waals surface area contributed by atoms with Gasteiger partial charge in [-0.25, -0.2) is 4.79 Å². The number of thioether (sulfide) groups is 1. The molecule has 0 spiro atoms. The number of esters is 1. The lowest BCUT2D eigenvalue weighted by Gasteiger charge is -2.10. The number of aromatic nitrogens is 2. The van der Waals surface area contributed by atoms with Crippen LogP contribution in [-0.4, -0.2) is 30.0 Å². The van der Waals surface area contributed by atoms with E-state index in [-0.39, 0.29) is 16.7 Å². The van der Waals surface area contributed by atoms with Crippen LogP contribution in [0.3, 0.4) is 0 Å². The van der Waals surface area contributed by atoms with Gasteiger partial charge in [0, 0.05) is 17.0 Å². The molecule has 0 bridgehead atoms. The zero-order valence-corrected chi connectivity index (χ0v) is 20.1. The average Bonchev–Trinajstić information content (AvgIpc) is 3.31. The molecule has 1 N–H and O–H groups in total. The second-order valence-corrected chi connectivity index (χ2v) is 9.93. The molecule has 1 aliphatic carbocycles. The average molecular weight is 488 g/mol. The van der Waals surface area contributed by atoms with E-state index in [1.165, 1.54) is 29.5 Å². The van der Waals surface area contributed by atoms with Gasteiger partial charge in [0.1, 0.15) is 5.00 Å². The van der Waals surface area contributed by atoms with E-state index in [4.69, 9.17) is 9.26 Å². The van der Waals surface area contributed by atoms with Gasteiger partial charge in [-0.1, -0.05) is 30.5 Å². The predicted octanol–water partition coefficient (Wildman–Crippen LogP) is 3.57. The standard InChI is InChI=1S/C23H25N3O5S2/c1-14-9-11-15(12-10-14)26-21(23(29)31-25-26)32-13-18(27)24-20-19(22(28)30-2)16-7-5-3-4-6-8-17(16)33-20/h9-12H,3-8,13H2,1-2H3,(H-,24,25,27,28,29). The monoisotopic (exact) mass is 487 g/mol. The lowest BCUT2D eigenvalue weighted by atomic mass is 9.96. The molecule has 8 nitrogen and oxygen atoms in total. The van der Waals surface area contributed by atoms with Gasteiger partial charge in [-0.05, 0) is 54.6 Å². The first-order valence-corrected chi connectivity index (χ1v) is 12.6. The second kappa shape index (κ2) is 10.4. The summed E-state index contributed by atoms with van der Waals surface area (Å²) < 4.78 is 11.2. The van der Waals surface area contributed by atoms with E-state index in [1.807, 2.05) is 31.2 Å². The third kappa shape index (κ3) is 5.22. The lowest BCUT2D eigenvalue weighted by molar-refractivity contribution is -0.705. The molecule has 0 saturated carbocycles. The second-order valence-electron chi connectivity index (χ2n) is 7.86. The predicted molar refractivity (Wildman–Crippen MR) is 123 cm³/mol. The number of methoxy groups -OCH3 is 1. The van der Waals surface area contributed by atoms with Gasteiger partial charge in [-0.15, -0.1) is 11.3 Å². The van der Waals surface area contributed by atoms with Crippen molar-refractivity contribution in [1.29, 1.82) is 0 Å². The van der Waals surface area contributed by atoms with E-state index in [0.29, 0.717) is 16.3 Å². The highest BCUT2D eigenvalue weighted by Crippen LogP contribution is 2.37. The minimum atomic E-state index is -0.609. The van der Waals surface area contributed by atoms with E-state index in [9.17, 15) is 14.7 Å². The number of carbonyl (C=O) groups is 2. The van der Waals surface area contributed by atoms with Crippen LogP contribution in [0.2, 0.25) is 0 Å². The molecular formula is C23H25N3O5S2. The van der Waals surface area contributed by atoms with Crippen molar-refractivity contribution in [2.75, 3.05) is 18.2 Å². The maximum Gasteiger partial charge on any atom is 0.341 e. The fraction of sp³-hybridized carbons (Fsp3) is 0.391. The summed E-state index contributed by atoms with van der Waals surface area (Å²) >= 11 is 2.48. The molecule has 1 amide bonds. The Hall–Kier alpha value is -2.85. The molecule has 33 heavy (non-hydrogen) atoms. The number of hydrogen-bond acceptors (Lipinski definition) is 8. The number of anilines is 1. The third-order valence-corrected chi connectivity index (χ3v) is 7.73. The molecule has 2 heterocycles. The molecule has 2 aromatic heterocycles. The maximum atomic E-state index is 12.8.